The molecule has 0 heterocycles. The molecule has 0 N–H and O–H groups in total. The van der Waals surface area contributed by atoms with Gasteiger partial charge in [0.15, 0.2) is 0 Å². The predicted molar refractivity (Wildman–Crippen MR) is 57.7 cm³/mol. The molecule has 92 valence electrons. The van der Waals surface area contributed by atoms with Gasteiger partial charge in [0.2, 0.25) is 0 Å². The molecule has 0 aromatic rings. The third-order valence-corrected chi connectivity index (χ3v) is 16.9. The van der Waals surface area contributed by atoms with E-state index in [0.29, 0.717) is 12.8 Å². The van der Waals surface area contributed by atoms with Crippen molar-refractivity contribution < 1.29 is 37.1 Å². The van der Waals surface area contributed by atoms with Crippen LogP contribution in [0.3, 0.4) is 0 Å². The van der Waals surface area contributed by atoms with Crippen molar-refractivity contribution in [2.24, 2.45) is 0 Å². The molecule has 7 heteroatoms. The van der Waals surface area contributed by atoms with Crippen molar-refractivity contribution in [3.05, 3.63) is 0 Å². The van der Waals surface area contributed by atoms with Crippen molar-refractivity contribution in [2.75, 3.05) is 0 Å². The van der Waals surface area contributed by atoms with E-state index in [-0.39, 0.29) is 12.8 Å². The molecule has 0 bridgehead atoms. The fourth-order valence-electron chi connectivity index (χ4n) is 2.43. The second kappa shape index (κ2) is 4.67. The second-order valence-electron chi connectivity index (χ2n) is 4.43. The van der Waals surface area contributed by atoms with Gasteiger partial charge in [0.1, 0.15) is 0 Å². The molecule has 4 nitrogen and oxygen atoms in total. The maximum absolute atomic E-state index is 11.6. The number of hydrogen-bond acceptors (Lipinski definition) is 4. The molecular formula is C10H10Cl2O4Zr. The molecule has 0 saturated heterocycles. The Balaban J connectivity index is 2.25. The van der Waals surface area contributed by atoms with Crippen LogP contribution in [-0.2, 0) is 37.1 Å². The Morgan fingerprint density at radius 3 is 1.41 bits per heavy atom. The summed E-state index contributed by atoms with van der Waals surface area (Å²) < 4.78 is -1.31. The van der Waals surface area contributed by atoms with E-state index in [1.54, 1.807) is 0 Å². The van der Waals surface area contributed by atoms with Crippen LogP contribution in [0, 0.1) is 0 Å². The topological polar surface area (TPSA) is 68.3 Å². The van der Waals surface area contributed by atoms with E-state index in [1.165, 1.54) is 0 Å². The fourth-order valence-corrected chi connectivity index (χ4v) is 13.7. The van der Waals surface area contributed by atoms with E-state index in [1.807, 2.05) is 0 Å². The van der Waals surface area contributed by atoms with Crippen LogP contribution in [0.4, 0.5) is 0 Å². The summed E-state index contributed by atoms with van der Waals surface area (Å²) in [6.07, 6.45) is 1.02. The molecule has 17 heavy (non-hydrogen) atoms. The van der Waals surface area contributed by atoms with Gasteiger partial charge in [-0.2, -0.15) is 0 Å². The van der Waals surface area contributed by atoms with Crippen LogP contribution in [0.15, 0.2) is 0 Å². The molecule has 2 atom stereocenters. The van der Waals surface area contributed by atoms with Crippen molar-refractivity contribution in [3.8, 4) is 0 Å². The third kappa shape index (κ3) is 2.22. The molecule has 0 spiro atoms. The van der Waals surface area contributed by atoms with E-state index in [2.05, 4.69) is 0 Å². The maximum atomic E-state index is 11.6. The Kier molecular flexibility index (Phi) is 3.73. The zero-order chi connectivity index (χ0) is 12.8. The Hall–Kier alpha value is 0.143. The van der Waals surface area contributed by atoms with Gasteiger partial charge in [-0.05, 0) is 0 Å². The average Bonchev–Trinajstić information content (AvgIpc) is 2.75. The molecule has 2 rings (SSSR count). The number of ketones is 4. The van der Waals surface area contributed by atoms with E-state index in [9.17, 15) is 19.2 Å². The Labute approximate surface area is 110 Å². The third-order valence-electron chi connectivity index (χ3n) is 3.43. The Morgan fingerprint density at radius 1 is 0.824 bits per heavy atom. The molecule has 0 aromatic carbocycles. The van der Waals surface area contributed by atoms with Crippen LogP contribution in [-0.4, -0.2) is 23.1 Å². The molecule has 0 radical (unpaired) electrons. The second-order valence-corrected chi connectivity index (χ2v) is 19.7. The number of Topliss-reactive ketones (excluding diaryl/α,β-unsaturated/α-hetero) is 4. The number of rotatable bonds is 2. The van der Waals surface area contributed by atoms with Crippen molar-refractivity contribution >= 4 is 40.2 Å². The van der Waals surface area contributed by atoms with Gasteiger partial charge in [0.05, 0.1) is 0 Å². The first-order valence-corrected chi connectivity index (χ1v) is 14.5. The molecule has 0 aromatic heterocycles. The summed E-state index contributed by atoms with van der Waals surface area (Å²) >= 11 is -4.07. The summed E-state index contributed by atoms with van der Waals surface area (Å²) in [5.41, 5.74) is 0. The van der Waals surface area contributed by atoms with Crippen LogP contribution < -0.4 is 0 Å². The summed E-state index contributed by atoms with van der Waals surface area (Å²) in [5.74, 6) is -1.96. The number of carbonyl (C=O) groups excluding carboxylic acids is 4. The van der Waals surface area contributed by atoms with E-state index in [4.69, 9.17) is 17.0 Å². The molecule has 0 aliphatic heterocycles. The van der Waals surface area contributed by atoms with Gasteiger partial charge in [-0.15, -0.1) is 0 Å². The molecule has 2 unspecified atom stereocenters. The zero-order valence-corrected chi connectivity index (χ0v) is 12.8. The quantitative estimate of drug-likeness (QED) is 0.709. The normalized spacial score (nSPS) is 30.5. The van der Waals surface area contributed by atoms with Crippen molar-refractivity contribution in [1.29, 1.82) is 0 Å². The number of hydrogen-bond donors (Lipinski definition) is 0. The van der Waals surface area contributed by atoms with Crippen LogP contribution in [0.25, 0.3) is 0 Å². The van der Waals surface area contributed by atoms with Crippen LogP contribution in [0.2, 0.25) is 7.25 Å². The predicted octanol–water partition coefficient (Wildman–Crippen LogP) is 1.89. The Morgan fingerprint density at radius 2 is 1.18 bits per heavy atom. The van der Waals surface area contributed by atoms with Crippen LogP contribution in [0.1, 0.15) is 25.7 Å². The van der Waals surface area contributed by atoms with Crippen molar-refractivity contribution in [1.82, 2.24) is 0 Å². The summed E-state index contributed by atoms with van der Waals surface area (Å²) in [6.45, 7) is 0. The molecule has 0 amide bonds. The summed E-state index contributed by atoms with van der Waals surface area (Å²) in [6, 6.07) is 0. The Bertz CT molecular complexity index is 394. The van der Waals surface area contributed by atoms with E-state index < -0.39 is 48.3 Å². The molecular weight excluding hydrogens is 346 g/mol. The minimum absolute atomic E-state index is 0.163. The van der Waals surface area contributed by atoms with Crippen molar-refractivity contribution in [2.45, 2.75) is 32.9 Å². The monoisotopic (exact) mass is 354 g/mol. The van der Waals surface area contributed by atoms with Crippen molar-refractivity contribution in [3.63, 3.8) is 0 Å². The first kappa shape index (κ1) is 13.6. The summed E-state index contributed by atoms with van der Waals surface area (Å²) in [7, 11) is 12.6. The van der Waals surface area contributed by atoms with Crippen LogP contribution >= 0.6 is 17.0 Å². The molecule has 2 aliphatic rings. The standard InChI is InChI=1S/2C5H5O2.2ClH.Zr/c2*6-4-2-1-3-5(4)7;;;/h2*2H,1,3H2;2*1H;/q;;;;+2/p-2. The van der Waals surface area contributed by atoms with E-state index >= 15 is 0 Å². The number of carbonyl (C=O) groups is 4. The average molecular weight is 356 g/mol. The fraction of sp³-hybridized carbons (Fsp3) is 0.600. The first-order valence-electron chi connectivity index (χ1n) is 5.37. The van der Waals surface area contributed by atoms with Crippen LogP contribution in [0.5, 0.6) is 0 Å². The van der Waals surface area contributed by atoms with Gasteiger partial charge in [-0.25, -0.2) is 0 Å². The van der Waals surface area contributed by atoms with Gasteiger partial charge >= 0.3 is 110 Å². The van der Waals surface area contributed by atoms with Gasteiger partial charge in [0.25, 0.3) is 0 Å². The van der Waals surface area contributed by atoms with Gasteiger partial charge in [-0.3, -0.25) is 0 Å². The summed E-state index contributed by atoms with van der Waals surface area (Å²) in [4.78, 5) is 45.7. The molecule has 2 fully saturated rings. The molecule has 2 aliphatic carbocycles. The van der Waals surface area contributed by atoms with Gasteiger partial charge in [-0.1, -0.05) is 0 Å². The molecule has 2 saturated carbocycles. The van der Waals surface area contributed by atoms with Gasteiger partial charge < -0.3 is 0 Å². The SMILES string of the molecule is O=C1CC[CH]([Zr]([Cl])([Cl])[CH]2CCC(=O)C2=O)C1=O. The number of halogens is 2. The van der Waals surface area contributed by atoms with Gasteiger partial charge in [0, 0.05) is 0 Å². The van der Waals surface area contributed by atoms with E-state index in [0.717, 1.165) is 0 Å². The first-order chi connectivity index (χ1) is 7.85. The summed E-state index contributed by atoms with van der Waals surface area (Å²) in [5, 5.41) is 0. The minimum atomic E-state index is -4.07. The zero-order valence-electron chi connectivity index (χ0n) is 8.87.